The lowest BCUT2D eigenvalue weighted by atomic mass is 9.97. The molecule has 1 aromatic heterocycles. The number of amides is 1. The molecule has 5 heteroatoms. The number of aromatic nitrogens is 2. The van der Waals surface area contributed by atoms with E-state index in [0.717, 1.165) is 28.3 Å². The first-order valence-corrected chi connectivity index (χ1v) is 8.30. The summed E-state index contributed by atoms with van der Waals surface area (Å²) in [5.74, 6) is 0.674. The van der Waals surface area contributed by atoms with E-state index in [1.807, 2.05) is 68.6 Å². The zero-order chi connectivity index (χ0) is 17.4. The van der Waals surface area contributed by atoms with Gasteiger partial charge in [0.1, 0.15) is 5.75 Å². The van der Waals surface area contributed by atoms with Crippen LogP contribution in [0, 0.1) is 6.92 Å². The van der Waals surface area contributed by atoms with Crippen molar-refractivity contribution in [2.45, 2.75) is 25.9 Å². The highest BCUT2D eigenvalue weighted by Gasteiger charge is 2.36. The highest BCUT2D eigenvalue weighted by Crippen LogP contribution is 2.38. The minimum absolute atomic E-state index is 0.0193. The van der Waals surface area contributed by atoms with Crippen molar-refractivity contribution < 1.29 is 9.53 Å². The van der Waals surface area contributed by atoms with E-state index >= 15 is 0 Å². The number of ether oxygens (including phenoxy) is 1. The molecule has 3 aromatic rings. The largest absolute Gasteiger partial charge is 0.480 e. The minimum Gasteiger partial charge on any atom is -0.480 e. The van der Waals surface area contributed by atoms with Crippen molar-refractivity contribution in [1.29, 1.82) is 0 Å². The van der Waals surface area contributed by atoms with Gasteiger partial charge in [0.05, 0.1) is 5.69 Å². The van der Waals surface area contributed by atoms with Crippen molar-refractivity contribution in [3.63, 3.8) is 0 Å². The van der Waals surface area contributed by atoms with Crippen molar-refractivity contribution in [2.24, 2.45) is 0 Å². The fraction of sp³-hybridized carbons (Fsp3) is 0.200. The Morgan fingerprint density at radius 3 is 2.80 bits per heavy atom. The van der Waals surface area contributed by atoms with Crippen molar-refractivity contribution in [2.75, 3.05) is 5.32 Å². The standard InChI is InChI=1S/C20H19N3O2/c1-13-8-9-15(23-11-5-10-21-23)12-17(13)22-20(24)19-14(2)16-6-3-4-7-18(16)25-19/h3-12,14,19H,1-2H3,(H,22,24)/t14-,19-/m1/s1. The average molecular weight is 333 g/mol. The van der Waals surface area contributed by atoms with Gasteiger partial charge in [-0.1, -0.05) is 31.2 Å². The van der Waals surface area contributed by atoms with E-state index in [9.17, 15) is 4.79 Å². The zero-order valence-electron chi connectivity index (χ0n) is 14.1. The van der Waals surface area contributed by atoms with Gasteiger partial charge >= 0.3 is 0 Å². The molecule has 1 aliphatic heterocycles. The summed E-state index contributed by atoms with van der Waals surface area (Å²) in [5, 5.41) is 7.25. The highest BCUT2D eigenvalue weighted by atomic mass is 16.5. The molecule has 0 fully saturated rings. The molecule has 0 radical (unpaired) electrons. The molecule has 2 aromatic carbocycles. The number of benzene rings is 2. The van der Waals surface area contributed by atoms with Gasteiger partial charge in [-0.3, -0.25) is 4.79 Å². The Kier molecular flexibility index (Phi) is 3.76. The lowest BCUT2D eigenvalue weighted by Crippen LogP contribution is -2.33. The third-order valence-corrected chi connectivity index (χ3v) is 4.62. The van der Waals surface area contributed by atoms with E-state index in [-0.39, 0.29) is 11.8 Å². The molecule has 0 bridgehead atoms. The Labute approximate surface area is 146 Å². The summed E-state index contributed by atoms with van der Waals surface area (Å²) < 4.78 is 7.63. The number of aryl methyl sites for hydroxylation is 1. The van der Waals surface area contributed by atoms with Crippen LogP contribution >= 0.6 is 0 Å². The van der Waals surface area contributed by atoms with Crippen LogP contribution in [0.15, 0.2) is 60.9 Å². The fourth-order valence-electron chi connectivity index (χ4n) is 3.16. The molecule has 0 unspecified atom stereocenters. The van der Waals surface area contributed by atoms with Crippen LogP contribution in [0.2, 0.25) is 0 Å². The number of anilines is 1. The molecule has 1 amide bonds. The number of carbonyl (C=O) groups excluding carboxylic acids is 1. The molecule has 1 aliphatic rings. The van der Waals surface area contributed by atoms with E-state index in [1.54, 1.807) is 10.9 Å². The van der Waals surface area contributed by atoms with E-state index in [0.29, 0.717) is 0 Å². The molecule has 5 nitrogen and oxygen atoms in total. The first-order valence-electron chi connectivity index (χ1n) is 8.30. The van der Waals surface area contributed by atoms with Gasteiger partial charge in [0, 0.05) is 29.6 Å². The van der Waals surface area contributed by atoms with Crippen LogP contribution in [-0.4, -0.2) is 21.8 Å². The second-order valence-electron chi connectivity index (χ2n) is 6.30. The van der Waals surface area contributed by atoms with Crippen molar-refractivity contribution in [3.8, 4) is 11.4 Å². The number of carbonyl (C=O) groups is 1. The molecule has 25 heavy (non-hydrogen) atoms. The summed E-state index contributed by atoms with van der Waals surface area (Å²) in [4.78, 5) is 12.8. The lowest BCUT2D eigenvalue weighted by molar-refractivity contribution is -0.122. The molecular formula is C20H19N3O2. The molecule has 0 saturated heterocycles. The van der Waals surface area contributed by atoms with Crippen molar-refractivity contribution in [3.05, 3.63) is 72.1 Å². The molecule has 4 rings (SSSR count). The van der Waals surface area contributed by atoms with Crippen molar-refractivity contribution >= 4 is 11.6 Å². The molecular weight excluding hydrogens is 314 g/mol. The average Bonchev–Trinajstić information content (AvgIpc) is 3.26. The Morgan fingerprint density at radius 2 is 2.04 bits per heavy atom. The fourth-order valence-corrected chi connectivity index (χ4v) is 3.16. The Hall–Kier alpha value is -3.08. The van der Waals surface area contributed by atoms with Gasteiger partial charge in [0.2, 0.25) is 0 Å². The topological polar surface area (TPSA) is 56.2 Å². The van der Waals surface area contributed by atoms with Gasteiger partial charge in [-0.2, -0.15) is 5.10 Å². The van der Waals surface area contributed by atoms with Crippen LogP contribution < -0.4 is 10.1 Å². The maximum atomic E-state index is 12.8. The maximum Gasteiger partial charge on any atom is 0.266 e. The minimum atomic E-state index is -0.523. The number of hydrogen-bond acceptors (Lipinski definition) is 3. The summed E-state index contributed by atoms with van der Waals surface area (Å²) in [7, 11) is 0. The number of fused-ring (bicyclic) bond motifs is 1. The van der Waals surface area contributed by atoms with Crippen LogP contribution in [0.5, 0.6) is 5.75 Å². The third kappa shape index (κ3) is 2.78. The SMILES string of the molecule is Cc1ccc(-n2cccn2)cc1NC(=O)[C@@H]1Oc2ccccc2[C@H]1C. The van der Waals surface area contributed by atoms with Gasteiger partial charge in [0.25, 0.3) is 5.91 Å². The number of nitrogens with one attached hydrogen (secondary N) is 1. The highest BCUT2D eigenvalue weighted by molar-refractivity contribution is 5.96. The van der Waals surface area contributed by atoms with E-state index in [1.165, 1.54) is 0 Å². The smallest absolute Gasteiger partial charge is 0.266 e. The van der Waals surface area contributed by atoms with Gasteiger partial charge < -0.3 is 10.1 Å². The van der Waals surface area contributed by atoms with Crippen LogP contribution in [-0.2, 0) is 4.79 Å². The molecule has 126 valence electrons. The first kappa shape index (κ1) is 15.4. The monoisotopic (exact) mass is 333 g/mol. The maximum absolute atomic E-state index is 12.8. The zero-order valence-corrected chi connectivity index (χ0v) is 14.1. The molecule has 0 spiro atoms. The lowest BCUT2D eigenvalue weighted by Gasteiger charge is -2.17. The van der Waals surface area contributed by atoms with Crippen molar-refractivity contribution in [1.82, 2.24) is 9.78 Å². The molecule has 1 N–H and O–H groups in total. The summed E-state index contributed by atoms with van der Waals surface area (Å²) in [5.41, 5.74) is 3.73. The Balaban J connectivity index is 1.57. The predicted octanol–water partition coefficient (Wildman–Crippen LogP) is 3.68. The number of nitrogens with zero attached hydrogens (tertiary/aromatic N) is 2. The van der Waals surface area contributed by atoms with Gasteiger partial charge in [-0.15, -0.1) is 0 Å². The van der Waals surface area contributed by atoms with Gasteiger partial charge in [0.15, 0.2) is 6.10 Å². The summed E-state index contributed by atoms with van der Waals surface area (Å²) >= 11 is 0. The number of hydrogen-bond donors (Lipinski definition) is 1. The number of rotatable bonds is 3. The normalized spacial score (nSPS) is 18.5. The predicted molar refractivity (Wildman–Crippen MR) is 96.2 cm³/mol. The molecule has 0 aliphatic carbocycles. The molecule has 0 saturated carbocycles. The van der Waals surface area contributed by atoms with Gasteiger partial charge in [-0.25, -0.2) is 4.68 Å². The Bertz CT molecular complexity index is 918. The summed E-state index contributed by atoms with van der Waals surface area (Å²) in [6.07, 6.45) is 3.07. The van der Waals surface area contributed by atoms with Crippen LogP contribution in [0.3, 0.4) is 0 Å². The van der Waals surface area contributed by atoms with E-state index in [4.69, 9.17) is 4.74 Å². The van der Waals surface area contributed by atoms with Crippen LogP contribution in [0.1, 0.15) is 24.0 Å². The van der Waals surface area contributed by atoms with Crippen LogP contribution in [0.25, 0.3) is 5.69 Å². The first-order chi connectivity index (χ1) is 12.1. The van der Waals surface area contributed by atoms with E-state index < -0.39 is 6.10 Å². The summed E-state index contributed by atoms with van der Waals surface area (Å²) in [6.45, 7) is 3.99. The second-order valence-corrected chi connectivity index (χ2v) is 6.30. The van der Waals surface area contributed by atoms with Crippen LogP contribution in [0.4, 0.5) is 5.69 Å². The molecule has 2 atom stereocenters. The second kappa shape index (κ2) is 6.09. The quantitative estimate of drug-likeness (QED) is 0.795. The van der Waals surface area contributed by atoms with E-state index in [2.05, 4.69) is 10.4 Å². The van der Waals surface area contributed by atoms with Gasteiger partial charge in [-0.05, 0) is 36.8 Å². The summed E-state index contributed by atoms with van der Waals surface area (Å²) in [6, 6.07) is 15.5. The Morgan fingerprint density at radius 1 is 1.20 bits per heavy atom. The number of para-hydroxylation sites is 1. The molecule has 2 heterocycles. The third-order valence-electron chi connectivity index (χ3n) is 4.62.